The molecule has 0 N–H and O–H groups in total. The molecule has 5 rings (SSSR count). The molecule has 0 spiro atoms. The highest BCUT2D eigenvalue weighted by Gasteiger charge is 2.46. The zero-order valence-corrected chi connectivity index (χ0v) is 16.4. The van der Waals surface area contributed by atoms with E-state index >= 15 is 0 Å². The Morgan fingerprint density at radius 2 is 1.83 bits per heavy atom. The van der Waals surface area contributed by atoms with Gasteiger partial charge in [0.25, 0.3) is 0 Å². The van der Waals surface area contributed by atoms with Crippen LogP contribution in [0.2, 0.25) is 0 Å². The minimum Gasteiger partial charge on any atom is -0.334 e. The Hall–Kier alpha value is -3.06. The van der Waals surface area contributed by atoms with Gasteiger partial charge < -0.3 is 4.90 Å². The number of hydrogen-bond acceptors (Lipinski definition) is 3. The van der Waals surface area contributed by atoms with Crippen LogP contribution in [-0.2, 0) is 17.9 Å². The fourth-order valence-corrected chi connectivity index (χ4v) is 4.67. The minimum absolute atomic E-state index is 0.0449. The zero-order valence-electron chi connectivity index (χ0n) is 16.4. The number of nitrogens with zero attached hydrogens (tertiary/aromatic N) is 4. The molecule has 2 fully saturated rings. The van der Waals surface area contributed by atoms with Crippen LogP contribution in [0.15, 0.2) is 60.9 Å². The number of aromatic nitrogens is 2. The molecule has 1 amide bonds. The highest BCUT2D eigenvalue weighted by atomic mass is 19.2. The standard InChI is InChI=1S/C23H22F2N4O/c24-19-4-1-3-17(23(19)25)15-27-12-9-20-21(27)13-22(30)28(20)14-16-5-7-18(8-6-16)29-11-2-10-26-29/h1-8,10-11,20-21H,9,12-15H2/t20-,21-/m0/s1. The van der Waals surface area contributed by atoms with Gasteiger partial charge in [-0.05, 0) is 36.2 Å². The maximum Gasteiger partial charge on any atom is 0.224 e. The molecule has 2 atom stereocenters. The molecule has 2 aromatic carbocycles. The molecule has 2 aliphatic rings. The molecule has 0 bridgehead atoms. The second kappa shape index (κ2) is 7.65. The second-order valence-corrected chi connectivity index (χ2v) is 7.95. The van der Waals surface area contributed by atoms with E-state index < -0.39 is 11.6 Å². The first-order chi connectivity index (χ1) is 14.6. The van der Waals surface area contributed by atoms with Gasteiger partial charge in [0.15, 0.2) is 11.6 Å². The predicted octanol–water partition coefficient (Wildman–Crippen LogP) is 3.53. The van der Waals surface area contributed by atoms with Gasteiger partial charge in [-0.15, -0.1) is 0 Å². The van der Waals surface area contributed by atoms with Crippen LogP contribution in [0.3, 0.4) is 0 Å². The van der Waals surface area contributed by atoms with Gasteiger partial charge in [0.2, 0.25) is 5.91 Å². The Morgan fingerprint density at radius 3 is 2.60 bits per heavy atom. The maximum absolute atomic E-state index is 14.1. The van der Waals surface area contributed by atoms with Gasteiger partial charge in [0, 0.05) is 56.1 Å². The van der Waals surface area contributed by atoms with Crippen molar-refractivity contribution < 1.29 is 13.6 Å². The lowest BCUT2D eigenvalue weighted by molar-refractivity contribution is -0.129. The summed E-state index contributed by atoms with van der Waals surface area (Å²) in [7, 11) is 0. The molecule has 1 aromatic heterocycles. The van der Waals surface area contributed by atoms with E-state index in [0.29, 0.717) is 25.1 Å². The number of rotatable bonds is 5. The van der Waals surface area contributed by atoms with Crippen molar-refractivity contribution in [1.29, 1.82) is 0 Å². The first-order valence-corrected chi connectivity index (χ1v) is 10.2. The van der Waals surface area contributed by atoms with E-state index in [1.54, 1.807) is 16.9 Å². The lowest BCUT2D eigenvalue weighted by atomic mass is 10.1. The summed E-state index contributed by atoms with van der Waals surface area (Å²) in [5.74, 6) is -1.50. The molecule has 0 aliphatic carbocycles. The smallest absolute Gasteiger partial charge is 0.224 e. The average molecular weight is 408 g/mol. The van der Waals surface area contributed by atoms with Crippen LogP contribution in [0.25, 0.3) is 5.69 Å². The van der Waals surface area contributed by atoms with Crippen LogP contribution in [0.1, 0.15) is 24.0 Å². The first-order valence-electron chi connectivity index (χ1n) is 10.2. The molecular formula is C23H22F2N4O. The summed E-state index contributed by atoms with van der Waals surface area (Å²) in [4.78, 5) is 16.8. The minimum atomic E-state index is -0.828. The summed E-state index contributed by atoms with van der Waals surface area (Å²) in [5, 5.41) is 4.23. The maximum atomic E-state index is 14.1. The molecule has 3 aromatic rings. The molecule has 0 unspecified atom stereocenters. The van der Waals surface area contributed by atoms with Crippen LogP contribution in [0.4, 0.5) is 8.78 Å². The third kappa shape index (κ3) is 3.39. The summed E-state index contributed by atoms with van der Waals surface area (Å²) < 4.78 is 29.4. The normalized spacial score (nSPS) is 21.4. The predicted molar refractivity (Wildman–Crippen MR) is 108 cm³/mol. The van der Waals surface area contributed by atoms with Crippen LogP contribution in [0.5, 0.6) is 0 Å². The molecular weight excluding hydrogens is 386 g/mol. The number of hydrogen-bond donors (Lipinski definition) is 0. The van der Waals surface area contributed by atoms with E-state index in [1.807, 2.05) is 41.4 Å². The van der Waals surface area contributed by atoms with Gasteiger partial charge in [0.05, 0.1) is 5.69 Å². The van der Waals surface area contributed by atoms with E-state index in [1.165, 1.54) is 6.07 Å². The highest BCUT2D eigenvalue weighted by Crippen LogP contribution is 2.35. The SMILES string of the molecule is O=C1C[C@H]2[C@H](CCN2Cc2cccc(F)c2F)N1Cc1ccc(-n2cccn2)cc1. The van der Waals surface area contributed by atoms with Gasteiger partial charge in [-0.25, -0.2) is 13.5 Å². The van der Waals surface area contributed by atoms with Crippen LogP contribution in [0, 0.1) is 11.6 Å². The molecule has 7 heteroatoms. The van der Waals surface area contributed by atoms with Crippen molar-refractivity contribution in [2.45, 2.75) is 38.0 Å². The zero-order chi connectivity index (χ0) is 20.7. The molecule has 3 heterocycles. The molecule has 5 nitrogen and oxygen atoms in total. The van der Waals surface area contributed by atoms with Gasteiger partial charge in [0.1, 0.15) is 0 Å². The van der Waals surface area contributed by atoms with Crippen molar-refractivity contribution in [3.63, 3.8) is 0 Å². The lowest BCUT2D eigenvalue weighted by Gasteiger charge is -2.25. The summed E-state index contributed by atoms with van der Waals surface area (Å²) in [6.07, 6.45) is 4.89. The van der Waals surface area contributed by atoms with Crippen molar-refractivity contribution in [3.05, 3.63) is 83.7 Å². The van der Waals surface area contributed by atoms with Crippen LogP contribution in [-0.4, -0.2) is 44.1 Å². The van der Waals surface area contributed by atoms with E-state index in [4.69, 9.17) is 0 Å². The Bertz CT molecular complexity index is 1050. The fraction of sp³-hybridized carbons (Fsp3) is 0.304. The van der Waals surface area contributed by atoms with E-state index in [9.17, 15) is 13.6 Å². The van der Waals surface area contributed by atoms with E-state index in [-0.39, 0.29) is 18.0 Å². The molecule has 0 saturated carbocycles. The Kier molecular flexibility index (Phi) is 4.83. The largest absolute Gasteiger partial charge is 0.334 e. The van der Waals surface area contributed by atoms with Crippen molar-refractivity contribution in [2.75, 3.05) is 6.54 Å². The summed E-state index contributed by atoms with van der Waals surface area (Å²) in [6, 6.07) is 14.3. The quantitative estimate of drug-likeness (QED) is 0.649. The monoisotopic (exact) mass is 408 g/mol. The van der Waals surface area contributed by atoms with Gasteiger partial charge >= 0.3 is 0 Å². The number of likely N-dealkylation sites (tertiary alicyclic amines) is 2. The number of amides is 1. The van der Waals surface area contributed by atoms with Gasteiger partial charge in [-0.1, -0.05) is 24.3 Å². The fourth-order valence-electron chi connectivity index (χ4n) is 4.67. The lowest BCUT2D eigenvalue weighted by Crippen LogP contribution is -2.36. The Balaban J connectivity index is 1.28. The summed E-state index contributed by atoms with van der Waals surface area (Å²) in [5.41, 5.74) is 2.38. The third-order valence-corrected chi connectivity index (χ3v) is 6.19. The molecule has 154 valence electrons. The summed E-state index contributed by atoms with van der Waals surface area (Å²) in [6.45, 7) is 1.65. The molecule has 30 heavy (non-hydrogen) atoms. The first kappa shape index (κ1) is 18.9. The Labute approximate surface area is 173 Å². The molecule has 2 saturated heterocycles. The van der Waals surface area contributed by atoms with E-state index in [0.717, 1.165) is 30.3 Å². The third-order valence-electron chi connectivity index (χ3n) is 6.19. The number of carbonyl (C=O) groups excluding carboxylic acids is 1. The van der Waals surface area contributed by atoms with Crippen LogP contribution < -0.4 is 0 Å². The average Bonchev–Trinajstić information content (AvgIpc) is 3.47. The number of fused-ring (bicyclic) bond motifs is 1. The number of carbonyl (C=O) groups is 1. The van der Waals surface area contributed by atoms with Gasteiger partial charge in [-0.3, -0.25) is 9.69 Å². The highest BCUT2D eigenvalue weighted by molar-refractivity contribution is 5.80. The van der Waals surface area contributed by atoms with Crippen molar-refractivity contribution in [1.82, 2.24) is 19.6 Å². The molecule has 2 aliphatic heterocycles. The van der Waals surface area contributed by atoms with Gasteiger partial charge in [-0.2, -0.15) is 5.10 Å². The van der Waals surface area contributed by atoms with Crippen molar-refractivity contribution >= 4 is 5.91 Å². The number of halogens is 2. The van der Waals surface area contributed by atoms with Crippen molar-refractivity contribution in [3.8, 4) is 5.69 Å². The van der Waals surface area contributed by atoms with E-state index in [2.05, 4.69) is 10.00 Å². The van der Waals surface area contributed by atoms with Crippen LogP contribution >= 0.6 is 0 Å². The second-order valence-electron chi connectivity index (χ2n) is 7.95. The topological polar surface area (TPSA) is 41.4 Å². The molecule has 0 radical (unpaired) electrons. The number of benzene rings is 2. The Morgan fingerprint density at radius 1 is 1.00 bits per heavy atom. The summed E-state index contributed by atoms with van der Waals surface area (Å²) >= 11 is 0. The van der Waals surface area contributed by atoms with Crippen molar-refractivity contribution in [2.24, 2.45) is 0 Å².